The Bertz CT molecular complexity index is 1600. The van der Waals surface area contributed by atoms with Crippen molar-refractivity contribution in [3.05, 3.63) is 42.2 Å². The fourth-order valence-electron chi connectivity index (χ4n) is 5.40. The second kappa shape index (κ2) is 18.8. The molecule has 16 heteroatoms. The van der Waals surface area contributed by atoms with Crippen LogP contribution < -0.4 is 15.7 Å². The van der Waals surface area contributed by atoms with Crippen LogP contribution in [0.4, 0.5) is 0 Å². The molecule has 3 heterocycles. The van der Waals surface area contributed by atoms with Gasteiger partial charge in [0.2, 0.25) is 7.44 Å². The predicted molar refractivity (Wildman–Crippen MR) is 193 cm³/mol. The Morgan fingerprint density at radius 1 is 0.922 bits per heavy atom. The first-order chi connectivity index (χ1) is 24.0. The maximum atomic E-state index is 14.6. The molecule has 0 bridgehead atoms. The molecule has 15 nitrogen and oxygen atoms in total. The highest BCUT2D eigenvalue weighted by atomic mass is 31.2. The number of ether oxygens (including phenoxy) is 5. The van der Waals surface area contributed by atoms with E-state index < -0.39 is 36.6 Å². The molecule has 0 unspecified atom stereocenters. The Hall–Kier alpha value is -3.52. The second-order valence-electron chi connectivity index (χ2n) is 14.1. The molecule has 0 spiro atoms. The molecule has 1 aliphatic rings. The third-order valence-electron chi connectivity index (χ3n) is 8.25. The lowest BCUT2D eigenvalue weighted by Gasteiger charge is -2.35. The zero-order valence-corrected chi connectivity index (χ0v) is 32.5. The summed E-state index contributed by atoms with van der Waals surface area (Å²) in [5.74, 6) is 0.149. The number of allylic oxidation sites excluding steroid dienone is 2. The molecule has 1 aliphatic heterocycles. The largest absolute Gasteiger partial charge is 0.464 e. The molecule has 286 valence electrons. The van der Waals surface area contributed by atoms with Crippen molar-refractivity contribution in [1.29, 1.82) is 5.41 Å². The van der Waals surface area contributed by atoms with Crippen molar-refractivity contribution in [2.45, 2.75) is 137 Å². The molecule has 2 aromatic rings. The zero-order chi connectivity index (χ0) is 37.8. The topological polar surface area (TPSA) is 181 Å². The van der Waals surface area contributed by atoms with Crippen LogP contribution in [0.5, 0.6) is 0 Å². The Morgan fingerprint density at radius 2 is 1.47 bits per heavy atom. The van der Waals surface area contributed by atoms with Crippen molar-refractivity contribution in [2.75, 3.05) is 19.6 Å². The summed E-state index contributed by atoms with van der Waals surface area (Å²) in [6.07, 6.45) is 9.79. The number of carbonyl (C=O) groups excluding carboxylic acids is 2. The average Bonchev–Trinajstić information content (AvgIpc) is 3.61. The molecular weight excluding hydrogens is 677 g/mol. The molecule has 0 saturated heterocycles. The second-order valence-corrected chi connectivity index (χ2v) is 16.2. The summed E-state index contributed by atoms with van der Waals surface area (Å²) in [5.41, 5.74) is -1.77. The van der Waals surface area contributed by atoms with Crippen molar-refractivity contribution in [2.24, 2.45) is 0 Å². The van der Waals surface area contributed by atoms with E-state index in [0.29, 0.717) is 22.7 Å². The molecule has 0 fully saturated rings. The molecule has 2 aromatic heterocycles. The van der Waals surface area contributed by atoms with Crippen molar-refractivity contribution in [3.8, 4) is 0 Å². The van der Waals surface area contributed by atoms with E-state index in [1.807, 2.05) is 0 Å². The zero-order valence-electron chi connectivity index (χ0n) is 31.6. The number of nitrogens with zero attached hydrogens (tertiary/aromatic N) is 4. The number of fused-ring (bicyclic) bond motifs is 1. The first-order valence-corrected chi connectivity index (χ1v) is 19.7. The summed E-state index contributed by atoms with van der Waals surface area (Å²) in [5, 5.41) is 14.6. The maximum absolute atomic E-state index is 14.6. The Kier molecular flexibility index (Phi) is 15.5. The van der Waals surface area contributed by atoms with E-state index in [0.717, 1.165) is 51.4 Å². The molecule has 1 atom stereocenters. The highest BCUT2D eigenvalue weighted by Crippen LogP contribution is 2.42. The number of aromatic nitrogens is 4. The summed E-state index contributed by atoms with van der Waals surface area (Å²) in [4.78, 5) is 35.2. The van der Waals surface area contributed by atoms with E-state index in [2.05, 4.69) is 40.6 Å². The van der Waals surface area contributed by atoms with Crippen molar-refractivity contribution < 1.29 is 37.8 Å². The number of rotatable bonds is 23. The molecule has 0 radical (unpaired) electrons. The number of hydrogen-bond acceptors (Lipinski definition) is 11. The quantitative estimate of drug-likeness (QED) is 0.0689. The van der Waals surface area contributed by atoms with Gasteiger partial charge in [-0.3, -0.25) is 19.6 Å². The Balaban J connectivity index is 1.73. The molecule has 0 aliphatic carbocycles. The highest BCUT2D eigenvalue weighted by Gasteiger charge is 2.43. The minimum absolute atomic E-state index is 0.130. The first kappa shape index (κ1) is 41.9. The first-order valence-electron chi connectivity index (χ1n) is 17.8. The number of hydrogen-bond donors (Lipinski definition) is 3. The number of imidazole rings is 1. The van der Waals surface area contributed by atoms with Gasteiger partial charge < -0.3 is 32.8 Å². The van der Waals surface area contributed by atoms with Crippen LogP contribution in [0.25, 0.3) is 11.2 Å². The fraction of sp³-hybridized carbons (Fsp3) is 0.686. The van der Waals surface area contributed by atoms with Gasteiger partial charge in [-0.1, -0.05) is 52.4 Å². The molecular formula is C35H58N7O8P. The van der Waals surface area contributed by atoms with Crippen molar-refractivity contribution >= 4 is 30.5 Å². The van der Waals surface area contributed by atoms with Crippen LogP contribution in [0.2, 0.25) is 0 Å². The van der Waals surface area contributed by atoms with Crippen LogP contribution in [0, 0.1) is 5.41 Å². The van der Waals surface area contributed by atoms with Crippen molar-refractivity contribution in [3.63, 3.8) is 0 Å². The minimum atomic E-state index is -3.83. The molecule has 0 saturated carbocycles. The molecule has 51 heavy (non-hydrogen) atoms. The van der Waals surface area contributed by atoms with Gasteiger partial charge in [0.05, 0.1) is 45.1 Å². The van der Waals surface area contributed by atoms with Gasteiger partial charge in [-0.05, 0) is 61.0 Å². The molecule has 3 N–H and O–H groups in total. The summed E-state index contributed by atoms with van der Waals surface area (Å²) in [7, 11) is -3.83. The van der Waals surface area contributed by atoms with E-state index in [1.54, 1.807) is 57.0 Å². The summed E-state index contributed by atoms with van der Waals surface area (Å²) in [6, 6.07) is 0. The third-order valence-corrected chi connectivity index (χ3v) is 10.6. The van der Waals surface area contributed by atoms with Crippen molar-refractivity contribution in [1.82, 2.24) is 29.3 Å². The van der Waals surface area contributed by atoms with Gasteiger partial charge in [0.15, 0.2) is 16.9 Å². The lowest BCUT2D eigenvalue weighted by atomic mass is 10.1. The Labute approximate surface area is 301 Å². The minimum Gasteiger partial charge on any atom is -0.464 e. The maximum Gasteiger partial charge on any atom is 0.326 e. The van der Waals surface area contributed by atoms with Gasteiger partial charge in [-0.15, -0.1) is 0 Å². The van der Waals surface area contributed by atoms with Gasteiger partial charge >= 0.3 is 11.9 Å². The number of nitrogens with one attached hydrogen (secondary N) is 3. The normalized spacial score (nSPS) is 14.5. The smallest absolute Gasteiger partial charge is 0.326 e. The van der Waals surface area contributed by atoms with E-state index in [9.17, 15) is 14.2 Å². The van der Waals surface area contributed by atoms with Crippen LogP contribution in [-0.2, 0) is 50.9 Å². The van der Waals surface area contributed by atoms with Gasteiger partial charge in [-0.25, -0.2) is 20.1 Å². The monoisotopic (exact) mass is 735 g/mol. The fourth-order valence-corrected chi connectivity index (χ4v) is 8.04. The van der Waals surface area contributed by atoms with Crippen LogP contribution >= 0.6 is 7.44 Å². The lowest BCUT2D eigenvalue weighted by molar-refractivity contribution is -0.149. The molecule has 3 rings (SSSR count). The molecule has 0 aromatic carbocycles. The SMILES string of the molecule is C=C1OC(C)=C(Cn2cnc3c(ncn3C[C@@H](C)OCP(=O)(NC(C)(C)C(=O)OCCCCCC)NC(C)(C)C(=O)OCCCCCC)c2=N)O1. The van der Waals surface area contributed by atoms with E-state index in [1.165, 1.54) is 6.33 Å². The van der Waals surface area contributed by atoms with Gasteiger partial charge in [0, 0.05) is 0 Å². The summed E-state index contributed by atoms with van der Waals surface area (Å²) < 4.78 is 46.0. The lowest BCUT2D eigenvalue weighted by Crippen LogP contribution is -2.54. The van der Waals surface area contributed by atoms with Gasteiger partial charge in [-0.2, -0.15) is 0 Å². The predicted octanol–water partition coefficient (Wildman–Crippen LogP) is 6.00. The standard InChI is InChI=1S/C35H58N7O8P/c1-10-12-14-16-18-46-32(43)34(6,7)39-51(45,40-35(8,9)33(44)47-19-17-15-13-11-2)24-48-25(3)20-42-22-37-29-30(36)41(23-38-31(29)42)21-28-26(4)49-27(5)50-28/h22-23,25,36H,5,10-21,24H2,1-4,6-9H3,(H2,39,40,45)/t25-/m1/s1. The van der Waals surface area contributed by atoms with Crippen LogP contribution in [0.3, 0.4) is 0 Å². The Morgan fingerprint density at radius 3 is 1.98 bits per heavy atom. The number of carbonyl (C=O) groups is 2. The van der Waals surface area contributed by atoms with Gasteiger partial charge in [0.1, 0.15) is 28.7 Å². The van der Waals surface area contributed by atoms with E-state index in [-0.39, 0.29) is 44.1 Å². The van der Waals surface area contributed by atoms with Crippen LogP contribution in [-0.4, -0.2) is 67.8 Å². The molecule has 0 amide bonds. The average molecular weight is 736 g/mol. The van der Waals surface area contributed by atoms with Crippen LogP contribution in [0.15, 0.2) is 36.7 Å². The number of esters is 2. The van der Waals surface area contributed by atoms with E-state index >= 15 is 0 Å². The summed E-state index contributed by atoms with van der Waals surface area (Å²) in [6.45, 7) is 18.8. The van der Waals surface area contributed by atoms with Gasteiger partial charge in [0.25, 0.3) is 5.95 Å². The summed E-state index contributed by atoms with van der Waals surface area (Å²) >= 11 is 0. The highest BCUT2D eigenvalue weighted by molar-refractivity contribution is 7.59. The van der Waals surface area contributed by atoms with E-state index in [4.69, 9.17) is 29.1 Å². The number of unbranched alkanes of at least 4 members (excludes halogenated alkanes) is 6. The third kappa shape index (κ3) is 12.3. The van der Waals surface area contributed by atoms with Crippen LogP contribution in [0.1, 0.15) is 107 Å².